The summed E-state index contributed by atoms with van der Waals surface area (Å²) in [7, 11) is 0. The normalized spacial score (nSPS) is 10.8. The molecular formula is C10H13N5O2S2. The fourth-order valence-electron chi connectivity index (χ4n) is 1.31. The molecular weight excluding hydrogens is 286 g/mol. The number of carboxylic acids is 1. The zero-order chi connectivity index (χ0) is 13.7. The Morgan fingerprint density at radius 1 is 1.58 bits per heavy atom. The fraction of sp³-hybridized carbons (Fsp3) is 0.500. The van der Waals surface area contributed by atoms with Crippen LogP contribution in [-0.2, 0) is 17.8 Å². The third-order valence-electron chi connectivity index (χ3n) is 2.19. The molecule has 19 heavy (non-hydrogen) atoms. The molecule has 0 saturated heterocycles. The molecule has 0 aliphatic rings. The number of hydrogen-bond donors (Lipinski definition) is 1. The summed E-state index contributed by atoms with van der Waals surface area (Å²) in [5, 5.41) is 23.0. The Morgan fingerprint density at radius 2 is 2.42 bits per heavy atom. The summed E-state index contributed by atoms with van der Waals surface area (Å²) in [6.07, 6.45) is 2.03. The van der Waals surface area contributed by atoms with E-state index in [0.29, 0.717) is 10.9 Å². The second-order valence-corrected chi connectivity index (χ2v) is 5.87. The molecule has 1 N–H and O–H groups in total. The van der Waals surface area contributed by atoms with Crippen LogP contribution < -0.4 is 0 Å². The minimum Gasteiger partial charge on any atom is -0.481 e. The summed E-state index contributed by atoms with van der Waals surface area (Å²) in [6.45, 7) is 2.86. The molecule has 0 unspecified atom stereocenters. The summed E-state index contributed by atoms with van der Waals surface area (Å²) >= 11 is 2.68. The first kappa shape index (κ1) is 13.9. The highest BCUT2D eigenvalue weighted by Crippen LogP contribution is 2.27. The van der Waals surface area contributed by atoms with Crippen LogP contribution in [0.3, 0.4) is 0 Å². The van der Waals surface area contributed by atoms with Crippen molar-refractivity contribution in [2.75, 3.05) is 0 Å². The second kappa shape index (κ2) is 6.62. The third kappa shape index (κ3) is 4.28. The molecule has 9 heteroatoms. The second-order valence-electron chi connectivity index (χ2n) is 3.80. The minimum absolute atomic E-state index is 0.0618. The number of hydrogen-bond acceptors (Lipinski definition) is 7. The lowest BCUT2D eigenvalue weighted by Crippen LogP contribution is -2.01. The molecule has 0 spiro atoms. The molecule has 0 aliphatic carbocycles. The van der Waals surface area contributed by atoms with Crippen LogP contribution in [0.1, 0.15) is 25.5 Å². The van der Waals surface area contributed by atoms with E-state index < -0.39 is 5.97 Å². The standard InChI is InChI=1S/C10H13N5O2S2/c1-2-3-4-15-13-9(12-14-15)19-10-11-7(6-18-10)5-8(16)17/h6H,2-5H2,1H3,(H,16,17). The predicted octanol–water partition coefficient (Wildman–Crippen LogP) is 1.71. The average Bonchev–Trinajstić information content (AvgIpc) is 2.96. The summed E-state index contributed by atoms with van der Waals surface area (Å²) < 4.78 is 0.728. The SMILES string of the molecule is CCCCn1nnc(Sc2nc(CC(=O)O)cs2)n1. The van der Waals surface area contributed by atoms with Crippen molar-refractivity contribution in [3.05, 3.63) is 11.1 Å². The highest BCUT2D eigenvalue weighted by atomic mass is 32.2. The maximum atomic E-state index is 10.6. The Bertz CT molecular complexity index is 554. The van der Waals surface area contributed by atoms with Crippen molar-refractivity contribution in [1.29, 1.82) is 0 Å². The quantitative estimate of drug-likeness (QED) is 0.831. The highest BCUT2D eigenvalue weighted by Gasteiger charge is 2.10. The molecule has 0 amide bonds. The molecule has 0 saturated carbocycles. The Kier molecular flexibility index (Phi) is 4.86. The Labute approximate surface area is 118 Å². The predicted molar refractivity (Wildman–Crippen MR) is 70.3 cm³/mol. The van der Waals surface area contributed by atoms with E-state index >= 15 is 0 Å². The first-order valence-corrected chi connectivity index (χ1v) is 7.49. The van der Waals surface area contributed by atoms with Gasteiger partial charge in [0.25, 0.3) is 0 Å². The van der Waals surface area contributed by atoms with Gasteiger partial charge >= 0.3 is 5.97 Å². The molecule has 2 rings (SSSR count). The summed E-state index contributed by atoms with van der Waals surface area (Å²) in [5.41, 5.74) is 0.554. The first-order chi connectivity index (χ1) is 9.17. The van der Waals surface area contributed by atoms with Gasteiger partial charge in [-0.1, -0.05) is 13.3 Å². The van der Waals surface area contributed by atoms with Gasteiger partial charge in [-0.2, -0.15) is 4.80 Å². The van der Waals surface area contributed by atoms with Gasteiger partial charge in [0.1, 0.15) is 0 Å². The highest BCUT2D eigenvalue weighted by molar-refractivity contribution is 8.00. The summed E-state index contributed by atoms with van der Waals surface area (Å²) in [4.78, 5) is 16.3. The van der Waals surface area contributed by atoms with Crippen molar-refractivity contribution in [3.63, 3.8) is 0 Å². The minimum atomic E-state index is -0.884. The van der Waals surface area contributed by atoms with Crippen LogP contribution in [0.2, 0.25) is 0 Å². The van der Waals surface area contributed by atoms with Gasteiger partial charge in [0.05, 0.1) is 18.7 Å². The number of unbranched alkanes of at least 4 members (excludes halogenated alkanes) is 1. The lowest BCUT2D eigenvalue weighted by Gasteiger charge is -1.93. The lowest BCUT2D eigenvalue weighted by atomic mass is 10.3. The Hall–Kier alpha value is -1.48. The van der Waals surface area contributed by atoms with Crippen LogP contribution in [0.15, 0.2) is 14.9 Å². The van der Waals surface area contributed by atoms with Gasteiger partial charge in [-0.05, 0) is 23.4 Å². The maximum absolute atomic E-state index is 10.6. The van der Waals surface area contributed by atoms with E-state index in [1.165, 1.54) is 23.1 Å². The van der Waals surface area contributed by atoms with E-state index in [1.54, 1.807) is 10.2 Å². The van der Waals surface area contributed by atoms with Gasteiger partial charge in [-0.25, -0.2) is 4.98 Å². The molecule has 0 atom stereocenters. The van der Waals surface area contributed by atoms with Crippen molar-refractivity contribution < 1.29 is 9.90 Å². The van der Waals surface area contributed by atoms with Crippen LogP contribution in [0.4, 0.5) is 0 Å². The van der Waals surface area contributed by atoms with Crippen molar-refractivity contribution in [3.8, 4) is 0 Å². The molecule has 0 aromatic carbocycles. The van der Waals surface area contributed by atoms with Gasteiger partial charge in [0, 0.05) is 5.38 Å². The number of aliphatic carboxylic acids is 1. The van der Waals surface area contributed by atoms with Gasteiger partial charge in [-0.3, -0.25) is 4.79 Å². The Balaban J connectivity index is 1.94. The number of aryl methyl sites for hydroxylation is 1. The molecule has 2 aromatic heterocycles. The van der Waals surface area contributed by atoms with Crippen LogP contribution >= 0.6 is 23.1 Å². The summed E-state index contributed by atoms with van der Waals surface area (Å²) in [6, 6.07) is 0. The third-order valence-corrected chi connectivity index (χ3v) is 4.02. The van der Waals surface area contributed by atoms with Crippen LogP contribution in [-0.4, -0.2) is 36.3 Å². The van der Waals surface area contributed by atoms with Gasteiger partial charge in [-0.15, -0.1) is 21.5 Å². The molecule has 102 valence electrons. The maximum Gasteiger partial charge on any atom is 0.309 e. The van der Waals surface area contributed by atoms with Crippen LogP contribution in [0.25, 0.3) is 0 Å². The summed E-state index contributed by atoms with van der Waals surface area (Å²) in [5.74, 6) is -0.884. The van der Waals surface area contributed by atoms with E-state index in [4.69, 9.17) is 5.11 Å². The molecule has 2 aromatic rings. The Morgan fingerprint density at radius 3 is 3.16 bits per heavy atom. The molecule has 0 aliphatic heterocycles. The van der Waals surface area contributed by atoms with E-state index in [2.05, 4.69) is 27.3 Å². The number of aromatic nitrogens is 5. The van der Waals surface area contributed by atoms with Crippen LogP contribution in [0.5, 0.6) is 0 Å². The zero-order valence-electron chi connectivity index (χ0n) is 10.3. The largest absolute Gasteiger partial charge is 0.481 e. The number of carbonyl (C=O) groups is 1. The topological polar surface area (TPSA) is 93.8 Å². The van der Waals surface area contributed by atoms with Gasteiger partial charge in [0.2, 0.25) is 5.16 Å². The van der Waals surface area contributed by atoms with Crippen molar-refractivity contribution >= 4 is 29.1 Å². The lowest BCUT2D eigenvalue weighted by molar-refractivity contribution is -0.136. The number of tetrazole rings is 1. The van der Waals surface area contributed by atoms with Crippen molar-refractivity contribution in [1.82, 2.24) is 25.2 Å². The van der Waals surface area contributed by atoms with E-state index in [9.17, 15) is 4.79 Å². The monoisotopic (exact) mass is 299 g/mol. The first-order valence-electron chi connectivity index (χ1n) is 5.79. The van der Waals surface area contributed by atoms with Gasteiger partial charge in [0.15, 0.2) is 4.34 Å². The number of nitrogens with zero attached hydrogens (tertiary/aromatic N) is 5. The average molecular weight is 299 g/mol. The van der Waals surface area contributed by atoms with Crippen molar-refractivity contribution in [2.24, 2.45) is 0 Å². The molecule has 2 heterocycles. The van der Waals surface area contributed by atoms with Gasteiger partial charge < -0.3 is 5.11 Å². The fourth-order valence-corrected chi connectivity index (χ4v) is 2.95. The van der Waals surface area contributed by atoms with E-state index in [1.807, 2.05) is 0 Å². The molecule has 0 fully saturated rings. The van der Waals surface area contributed by atoms with Crippen molar-refractivity contribution in [2.45, 2.75) is 42.2 Å². The zero-order valence-corrected chi connectivity index (χ0v) is 11.9. The number of carboxylic acid groups (broad SMARTS) is 1. The van der Waals surface area contributed by atoms with Crippen LogP contribution in [0, 0.1) is 0 Å². The van der Waals surface area contributed by atoms with E-state index in [-0.39, 0.29) is 6.42 Å². The number of thiazole rings is 1. The van der Waals surface area contributed by atoms with E-state index in [0.717, 1.165) is 23.7 Å². The molecule has 0 radical (unpaired) electrons. The smallest absolute Gasteiger partial charge is 0.309 e. The molecule has 7 nitrogen and oxygen atoms in total. The number of rotatable bonds is 7. The molecule has 0 bridgehead atoms.